The van der Waals surface area contributed by atoms with E-state index >= 15 is 0 Å². The number of hydrogen-bond donors (Lipinski definition) is 4. The van der Waals surface area contributed by atoms with Gasteiger partial charge < -0.3 is 25.8 Å². The number of benzene rings is 1. The van der Waals surface area contributed by atoms with E-state index < -0.39 is 22.4 Å². The Morgan fingerprint density at radius 1 is 1.00 bits per heavy atom. The minimum absolute atomic E-state index is 0.194. The van der Waals surface area contributed by atoms with Crippen molar-refractivity contribution in [3.8, 4) is 5.75 Å². The van der Waals surface area contributed by atoms with Crippen molar-refractivity contribution >= 4 is 22.6 Å². The van der Waals surface area contributed by atoms with E-state index in [1.54, 1.807) is 22.6 Å². The van der Waals surface area contributed by atoms with Gasteiger partial charge in [0, 0.05) is 6.42 Å². The smallest absolute Gasteiger partial charge is 0.142 e. The highest BCUT2D eigenvalue weighted by Gasteiger charge is 2.45. The first-order valence-corrected chi connectivity index (χ1v) is 9.66. The third-order valence-corrected chi connectivity index (χ3v) is 5.69. The van der Waals surface area contributed by atoms with E-state index in [2.05, 4.69) is 0 Å². The lowest BCUT2D eigenvalue weighted by molar-refractivity contribution is -0.00329. The van der Waals surface area contributed by atoms with Crippen LogP contribution in [0.4, 0.5) is 4.39 Å². The Balaban J connectivity index is 2.43. The number of nitrogens with two attached hydrogens (primary N) is 1. The molecule has 0 aliphatic heterocycles. The summed E-state index contributed by atoms with van der Waals surface area (Å²) in [5.74, 6) is 0.743. The van der Waals surface area contributed by atoms with Gasteiger partial charge in [0.05, 0.1) is 26.5 Å². The van der Waals surface area contributed by atoms with Gasteiger partial charge in [-0.2, -0.15) is 0 Å². The van der Waals surface area contributed by atoms with Gasteiger partial charge in [-0.1, -0.05) is 31.4 Å². The average Bonchev–Trinajstić information content (AvgIpc) is 2.61. The molecule has 0 aliphatic rings. The van der Waals surface area contributed by atoms with Crippen LogP contribution < -0.4 is 10.5 Å². The molecular weight excluding hydrogens is 440 g/mol. The first-order chi connectivity index (χ1) is 11.9. The molecule has 0 aliphatic carbocycles. The van der Waals surface area contributed by atoms with Gasteiger partial charge in [-0.05, 0) is 53.1 Å². The SMILES string of the molecule is NC(CO)(CO)C(O)(I)Cc1ccc(OCCCCCCCF)cc1. The van der Waals surface area contributed by atoms with Crippen LogP contribution >= 0.6 is 22.6 Å². The number of halogens is 2. The molecule has 5 N–H and O–H groups in total. The molecule has 1 aromatic rings. The Morgan fingerprint density at radius 2 is 1.56 bits per heavy atom. The number of unbranched alkanes of at least 4 members (excludes halogenated alkanes) is 4. The Hall–Kier alpha value is -0.480. The maximum atomic E-state index is 12.0. The second-order valence-electron chi connectivity index (χ2n) is 6.36. The Morgan fingerprint density at radius 3 is 2.12 bits per heavy atom. The van der Waals surface area contributed by atoms with Gasteiger partial charge in [-0.3, -0.25) is 4.39 Å². The molecule has 0 aromatic heterocycles. The largest absolute Gasteiger partial charge is 0.494 e. The molecule has 1 unspecified atom stereocenters. The molecule has 25 heavy (non-hydrogen) atoms. The summed E-state index contributed by atoms with van der Waals surface area (Å²) in [6, 6.07) is 7.30. The van der Waals surface area contributed by atoms with Crippen LogP contribution in [0.1, 0.15) is 37.7 Å². The van der Waals surface area contributed by atoms with Crippen LogP contribution in [0.15, 0.2) is 24.3 Å². The van der Waals surface area contributed by atoms with E-state index in [0.717, 1.165) is 37.0 Å². The lowest BCUT2D eigenvalue weighted by Gasteiger charge is -2.38. The van der Waals surface area contributed by atoms with Gasteiger partial charge in [0.2, 0.25) is 0 Å². The molecule has 0 heterocycles. The third kappa shape index (κ3) is 7.34. The standard InChI is InChI=1S/C18H29FINO4/c19-10-4-2-1-3-5-11-25-16-8-6-15(7-9-16)12-18(20,24)17(21,13-22)14-23/h6-9,22-24H,1-5,10-14,21H2. The molecule has 0 amide bonds. The molecule has 0 saturated heterocycles. The van der Waals surface area contributed by atoms with Gasteiger partial charge in [-0.15, -0.1) is 0 Å². The minimum Gasteiger partial charge on any atom is -0.494 e. The fourth-order valence-corrected chi connectivity index (χ4v) is 3.14. The van der Waals surface area contributed by atoms with Gasteiger partial charge >= 0.3 is 0 Å². The number of aliphatic hydroxyl groups excluding tert-OH is 2. The summed E-state index contributed by atoms with van der Waals surface area (Å²) >= 11 is 1.76. The zero-order chi connectivity index (χ0) is 18.8. The molecule has 1 atom stereocenters. The fraction of sp³-hybridized carbons (Fsp3) is 0.667. The quantitative estimate of drug-likeness (QED) is 0.202. The number of rotatable bonds is 13. The van der Waals surface area contributed by atoms with E-state index in [-0.39, 0.29) is 13.1 Å². The van der Waals surface area contributed by atoms with Gasteiger partial charge in [-0.25, -0.2) is 0 Å². The lowest BCUT2D eigenvalue weighted by atomic mass is 9.90. The summed E-state index contributed by atoms with van der Waals surface area (Å²) < 4.78 is 16.1. The highest BCUT2D eigenvalue weighted by atomic mass is 127. The molecule has 1 rings (SSSR count). The molecule has 0 saturated carbocycles. The number of alkyl halides is 2. The second kappa shape index (κ2) is 11.3. The summed E-state index contributed by atoms with van der Waals surface area (Å²) in [6.45, 7) is -0.659. The molecule has 5 nitrogen and oxygen atoms in total. The summed E-state index contributed by atoms with van der Waals surface area (Å²) in [7, 11) is 0. The van der Waals surface area contributed by atoms with Crippen molar-refractivity contribution in [1.29, 1.82) is 0 Å². The van der Waals surface area contributed by atoms with E-state index in [9.17, 15) is 19.7 Å². The maximum Gasteiger partial charge on any atom is 0.142 e. The van der Waals surface area contributed by atoms with Gasteiger partial charge in [0.15, 0.2) is 0 Å². The first-order valence-electron chi connectivity index (χ1n) is 8.58. The first kappa shape index (κ1) is 22.6. The van der Waals surface area contributed by atoms with E-state index in [0.29, 0.717) is 13.0 Å². The van der Waals surface area contributed by atoms with Crippen LogP contribution in [0.2, 0.25) is 0 Å². The Bertz CT molecular complexity index is 480. The summed E-state index contributed by atoms with van der Waals surface area (Å²) in [4.78, 5) is 0. The average molecular weight is 469 g/mol. The molecule has 7 heteroatoms. The monoisotopic (exact) mass is 469 g/mol. The zero-order valence-corrected chi connectivity index (χ0v) is 16.6. The molecule has 1 aromatic carbocycles. The maximum absolute atomic E-state index is 12.0. The summed E-state index contributed by atoms with van der Waals surface area (Å²) in [5.41, 5.74) is 5.22. The molecule has 0 fully saturated rings. The molecule has 0 bridgehead atoms. The van der Waals surface area contributed by atoms with E-state index in [1.807, 2.05) is 24.3 Å². The zero-order valence-electron chi connectivity index (χ0n) is 14.5. The fourth-order valence-electron chi connectivity index (χ4n) is 2.36. The molecule has 144 valence electrons. The Labute approximate surface area is 162 Å². The normalized spacial score (nSPS) is 14.3. The van der Waals surface area contributed by atoms with Crippen molar-refractivity contribution in [3.63, 3.8) is 0 Å². The van der Waals surface area contributed by atoms with Crippen molar-refractivity contribution in [1.82, 2.24) is 0 Å². The van der Waals surface area contributed by atoms with Crippen LogP contribution in [0.25, 0.3) is 0 Å². The number of aliphatic hydroxyl groups is 3. The predicted octanol–water partition coefficient (Wildman–Crippen LogP) is 2.33. The summed E-state index contributed by atoms with van der Waals surface area (Å²) in [5, 5.41) is 29.2. The van der Waals surface area contributed by atoms with E-state index in [4.69, 9.17) is 10.5 Å². The van der Waals surface area contributed by atoms with Crippen LogP contribution in [0, 0.1) is 0 Å². The predicted molar refractivity (Wildman–Crippen MR) is 105 cm³/mol. The van der Waals surface area contributed by atoms with Crippen LogP contribution in [0.5, 0.6) is 5.75 Å². The second-order valence-corrected chi connectivity index (χ2v) is 8.14. The lowest BCUT2D eigenvalue weighted by Crippen LogP contribution is -2.63. The number of hydrogen-bond acceptors (Lipinski definition) is 5. The topological polar surface area (TPSA) is 95.9 Å². The minimum atomic E-state index is -1.48. The number of ether oxygens (including phenoxy) is 1. The summed E-state index contributed by atoms with van der Waals surface area (Å²) in [6.07, 6.45) is 4.75. The third-order valence-electron chi connectivity index (χ3n) is 4.24. The van der Waals surface area contributed by atoms with Crippen molar-refractivity contribution < 1.29 is 24.4 Å². The van der Waals surface area contributed by atoms with Crippen molar-refractivity contribution in [3.05, 3.63) is 29.8 Å². The van der Waals surface area contributed by atoms with E-state index in [1.165, 1.54) is 0 Å². The van der Waals surface area contributed by atoms with Crippen LogP contribution in [-0.2, 0) is 6.42 Å². The molecule has 0 radical (unpaired) electrons. The highest BCUT2D eigenvalue weighted by molar-refractivity contribution is 14.1. The Kier molecular flexibility index (Phi) is 10.2. The van der Waals surface area contributed by atoms with Gasteiger partial charge in [0.1, 0.15) is 14.9 Å². The van der Waals surface area contributed by atoms with Crippen molar-refractivity contribution in [2.24, 2.45) is 5.73 Å². The van der Waals surface area contributed by atoms with Crippen molar-refractivity contribution in [2.45, 2.75) is 47.7 Å². The van der Waals surface area contributed by atoms with Crippen LogP contribution in [-0.4, -0.2) is 51.0 Å². The van der Waals surface area contributed by atoms with Crippen LogP contribution in [0.3, 0.4) is 0 Å². The van der Waals surface area contributed by atoms with Gasteiger partial charge in [0.25, 0.3) is 0 Å². The molecule has 0 spiro atoms. The van der Waals surface area contributed by atoms with Crippen molar-refractivity contribution in [2.75, 3.05) is 26.5 Å². The highest BCUT2D eigenvalue weighted by Crippen LogP contribution is 2.31. The molecular formula is C18H29FINO4.